The van der Waals surface area contributed by atoms with Crippen LogP contribution in [0.2, 0.25) is 0 Å². The summed E-state index contributed by atoms with van der Waals surface area (Å²) in [6, 6.07) is 9.67. The molecular formula is C17H20N6O. The second-order valence-electron chi connectivity index (χ2n) is 5.50. The largest absolute Gasteiger partial charge is 0.351 e. The van der Waals surface area contributed by atoms with E-state index in [9.17, 15) is 4.79 Å². The lowest BCUT2D eigenvalue weighted by atomic mass is 10.2. The number of amides is 1. The van der Waals surface area contributed by atoms with Gasteiger partial charge in [-0.1, -0.05) is 11.3 Å². The number of aromatic nitrogens is 4. The van der Waals surface area contributed by atoms with Crippen LogP contribution in [-0.2, 0) is 0 Å². The van der Waals surface area contributed by atoms with Crippen molar-refractivity contribution in [2.24, 2.45) is 0 Å². The van der Waals surface area contributed by atoms with Gasteiger partial charge in [0.2, 0.25) is 0 Å². The monoisotopic (exact) mass is 324 g/mol. The number of hydrogen-bond acceptors (Lipinski definition) is 5. The molecule has 0 bridgehead atoms. The molecule has 7 nitrogen and oxygen atoms in total. The first kappa shape index (κ1) is 16.1. The summed E-state index contributed by atoms with van der Waals surface area (Å²) in [5.74, 6) is -0.201. The van der Waals surface area contributed by atoms with Crippen LogP contribution in [0.15, 0.2) is 36.5 Å². The maximum absolute atomic E-state index is 12.3. The molecule has 1 amide bonds. The maximum atomic E-state index is 12.3. The number of carbonyl (C=O) groups is 1. The Bertz CT molecular complexity index is 852. The van der Waals surface area contributed by atoms with Gasteiger partial charge in [0.15, 0.2) is 5.69 Å². The van der Waals surface area contributed by atoms with Crippen molar-refractivity contribution < 1.29 is 4.79 Å². The Morgan fingerprint density at radius 3 is 2.92 bits per heavy atom. The van der Waals surface area contributed by atoms with E-state index in [-0.39, 0.29) is 5.91 Å². The van der Waals surface area contributed by atoms with Gasteiger partial charge in [0, 0.05) is 18.1 Å². The predicted octanol–water partition coefficient (Wildman–Crippen LogP) is 1.46. The minimum absolute atomic E-state index is 0.201. The van der Waals surface area contributed by atoms with Gasteiger partial charge in [0.1, 0.15) is 0 Å². The fraction of sp³-hybridized carbons (Fsp3) is 0.294. The zero-order valence-corrected chi connectivity index (χ0v) is 13.8. The molecule has 0 aliphatic carbocycles. The molecule has 0 aliphatic rings. The molecule has 0 fully saturated rings. The fourth-order valence-corrected chi connectivity index (χ4v) is 2.59. The highest BCUT2D eigenvalue weighted by atomic mass is 16.2. The van der Waals surface area contributed by atoms with Crippen molar-refractivity contribution >= 4 is 16.8 Å². The predicted molar refractivity (Wildman–Crippen MR) is 92.3 cm³/mol. The number of fused-ring (bicyclic) bond motifs is 1. The number of pyridine rings is 1. The van der Waals surface area contributed by atoms with Crippen molar-refractivity contribution in [3.63, 3.8) is 0 Å². The average Bonchev–Trinajstić information content (AvgIpc) is 2.99. The third-order valence-corrected chi connectivity index (χ3v) is 3.85. The van der Waals surface area contributed by atoms with Gasteiger partial charge in [-0.25, -0.2) is 4.68 Å². The van der Waals surface area contributed by atoms with Crippen LogP contribution in [0.4, 0.5) is 0 Å². The van der Waals surface area contributed by atoms with Crippen LogP contribution in [0.3, 0.4) is 0 Å². The summed E-state index contributed by atoms with van der Waals surface area (Å²) in [6.45, 7) is 3.30. The third kappa shape index (κ3) is 3.11. The molecule has 0 saturated heterocycles. The molecule has 3 rings (SSSR count). The second-order valence-corrected chi connectivity index (χ2v) is 5.50. The van der Waals surface area contributed by atoms with E-state index in [0.29, 0.717) is 17.9 Å². The van der Waals surface area contributed by atoms with Crippen molar-refractivity contribution in [3.8, 4) is 5.69 Å². The highest BCUT2D eigenvalue weighted by Crippen LogP contribution is 2.21. The average molecular weight is 324 g/mol. The molecule has 0 atom stereocenters. The first-order chi connectivity index (χ1) is 11.7. The van der Waals surface area contributed by atoms with Gasteiger partial charge in [0.25, 0.3) is 5.91 Å². The van der Waals surface area contributed by atoms with Gasteiger partial charge in [-0.2, -0.15) is 0 Å². The zero-order chi connectivity index (χ0) is 16.9. The van der Waals surface area contributed by atoms with E-state index >= 15 is 0 Å². The van der Waals surface area contributed by atoms with Crippen LogP contribution in [0.5, 0.6) is 0 Å². The first-order valence-electron chi connectivity index (χ1n) is 7.91. The smallest absolute Gasteiger partial charge is 0.273 e. The Morgan fingerprint density at radius 2 is 2.08 bits per heavy atom. The lowest BCUT2D eigenvalue weighted by molar-refractivity contribution is 0.0947. The number of benzene rings is 1. The number of nitrogens with one attached hydrogen (secondary N) is 2. The topological polar surface area (TPSA) is 84.7 Å². The SMILES string of the molecule is CNCCCNC(=O)c1nnn(-c2cccc3ncccc23)c1C. The normalized spacial score (nSPS) is 10.9. The molecule has 2 N–H and O–H groups in total. The summed E-state index contributed by atoms with van der Waals surface area (Å²) in [7, 11) is 1.89. The van der Waals surface area contributed by atoms with Crippen molar-refractivity contribution in [1.29, 1.82) is 0 Å². The molecule has 24 heavy (non-hydrogen) atoms. The van der Waals surface area contributed by atoms with Gasteiger partial charge >= 0.3 is 0 Å². The third-order valence-electron chi connectivity index (χ3n) is 3.85. The molecule has 2 aromatic heterocycles. The van der Waals surface area contributed by atoms with Crippen LogP contribution in [-0.4, -0.2) is 46.0 Å². The van der Waals surface area contributed by atoms with E-state index in [1.54, 1.807) is 10.9 Å². The fourth-order valence-electron chi connectivity index (χ4n) is 2.59. The minimum Gasteiger partial charge on any atom is -0.351 e. The molecule has 124 valence electrons. The molecule has 2 heterocycles. The van der Waals surface area contributed by atoms with Crippen LogP contribution in [0, 0.1) is 6.92 Å². The van der Waals surface area contributed by atoms with Gasteiger partial charge in [-0.05, 0) is 51.2 Å². The highest BCUT2D eigenvalue weighted by Gasteiger charge is 2.18. The summed E-state index contributed by atoms with van der Waals surface area (Å²) < 4.78 is 1.69. The lowest BCUT2D eigenvalue weighted by Gasteiger charge is -2.07. The van der Waals surface area contributed by atoms with Crippen LogP contribution in [0.25, 0.3) is 16.6 Å². The Morgan fingerprint density at radius 1 is 1.21 bits per heavy atom. The number of carbonyl (C=O) groups excluding carboxylic acids is 1. The summed E-state index contributed by atoms with van der Waals surface area (Å²) in [6.07, 6.45) is 2.62. The number of hydrogen-bond donors (Lipinski definition) is 2. The van der Waals surface area contributed by atoms with E-state index in [4.69, 9.17) is 0 Å². The van der Waals surface area contributed by atoms with E-state index in [1.165, 1.54) is 0 Å². The summed E-state index contributed by atoms with van der Waals surface area (Å²) in [5, 5.41) is 15.1. The van der Waals surface area contributed by atoms with Crippen molar-refractivity contribution in [2.75, 3.05) is 20.1 Å². The van der Waals surface area contributed by atoms with Gasteiger partial charge in [-0.15, -0.1) is 5.10 Å². The summed E-state index contributed by atoms with van der Waals surface area (Å²) in [5.41, 5.74) is 2.79. The van der Waals surface area contributed by atoms with Crippen LogP contribution >= 0.6 is 0 Å². The van der Waals surface area contributed by atoms with Crippen molar-refractivity contribution in [1.82, 2.24) is 30.6 Å². The van der Waals surface area contributed by atoms with Crippen molar-refractivity contribution in [2.45, 2.75) is 13.3 Å². The van der Waals surface area contributed by atoms with E-state index in [0.717, 1.165) is 29.6 Å². The lowest BCUT2D eigenvalue weighted by Crippen LogP contribution is -2.27. The molecular weight excluding hydrogens is 304 g/mol. The molecule has 3 aromatic rings. The Kier molecular flexibility index (Phi) is 4.81. The molecule has 7 heteroatoms. The molecule has 0 spiro atoms. The van der Waals surface area contributed by atoms with Crippen LogP contribution in [0.1, 0.15) is 22.6 Å². The maximum Gasteiger partial charge on any atom is 0.273 e. The van der Waals surface area contributed by atoms with E-state index in [2.05, 4.69) is 25.9 Å². The number of nitrogens with zero attached hydrogens (tertiary/aromatic N) is 4. The Balaban J connectivity index is 1.88. The zero-order valence-electron chi connectivity index (χ0n) is 13.8. The van der Waals surface area contributed by atoms with Gasteiger partial charge in [0.05, 0.1) is 16.9 Å². The molecule has 0 aliphatic heterocycles. The van der Waals surface area contributed by atoms with E-state index < -0.39 is 0 Å². The Labute approximate surface area is 140 Å². The van der Waals surface area contributed by atoms with E-state index in [1.807, 2.05) is 44.3 Å². The molecule has 1 aromatic carbocycles. The quantitative estimate of drug-likeness (QED) is 0.671. The number of rotatable bonds is 6. The standard InChI is InChI=1S/C17H20N6O/c1-12-16(17(24)20-11-5-9-18-2)21-22-23(12)15-8-3-7-14-13(15)6-4-10-19-14/h3-4,6-8,10,18H,5,9,11H2,1-2H3,(H,20,24). The van der Waals surface area contributed by atoms with Crippen molar-refractivity contribution in [3.05, 3.63) is 47.9 Å². The molecule has 0 radical (unpaired) electrons. The molecule has 0 unspecified atom stereocenters. The minimum atomic E-state index is -0.201. The highest BCUT2D eigenvalue weighted by molar-refractivity contribution is 5.93. The first-order valence-corrected chi connectivity index (χ1v) is 7.91. The summed E-state index contributed by atoms with van der Waals surface area (Å²) >= 11 is 0. The molecule has 0 saturated carbocycles. The van der Waals surface area contributed by atoms with Gasteiger partial charge < -0.3 is 10.6 Å². The van der Waals surface area contributed by atoms with Gasteiger partial charge in [-0.3, -0.25) is 9.78 Å². The Hall–Kier alpha value is -2.80. The van der Waals surface area contributed by atoms with Crippen LogP contribution < -0.4 is 10.6 Å². The second kappa shape index (κ2) is 7.18. The summed E-state index contributed by atoms with van der Waals surface area (Å²) in [4.78, 5) is 16.6.